The Morgan fingerprint density at radius 2 is 0.600 bits per heavy atom. The smallest absolute Gasteiger partial charge is 0 e. The molecule has 0 atom stereocenters. The molecule has 0 fully saturated rings. The molecule has 0 aliphatic carbocycles. The summed E-state index contributed by atoms with van der Waals surface area (Å²) in [6.45, 7) is 4.12. The van der Waals surface area contributed by atoms with Crippen molar-refractivity contribution in [2.24, 2.45) is 0 Å². The SMILES string of the molecule is Cc1ccc(/C([S-])=C(/[S-])c2ccccc2)cc1.Cc1ccc(C([S-])=C([S-])c2ccccc2)cc1.[Ni]. The number of hydrogen-bond acceptors (Lipinski definition) is 4. The second-order valence-electron chi connectivity index (χ2n) is 7.78. The van der Waals surface area contributed by atoms with E-state index in [0.29, 0.717) is 0 Å². The first-order valence-electron chi connectivity index (χ1n) is 10.8. The van der Waals surface area contributed by atoms with Crippen molar-refractivity contribution < 1.29 is 16.5 Å². The maximum atomic E-state index is 5.43. The molecule has 0 N–H and O–H groups in total. The molecular formula is C30H24NiS4-4. The molecule has 182 valence electrons. The Balaban J connectivity index is 0.000000240. The van der Waals surface area contributed by atoms with Gasteiger partial charge in [-0.2, -0.15) is 19.6 Å². The fourth-order valence-corrected chi connectivity index (χ4v) is 4.13. The molecule has 0 bridgehead atoms. The summed E-state index contributed by atoms with van der Waals surface area (Å²) in [6, 6.07) is 36.1. The van der Waals surface area contributed by atoms with Crippen LogP contribution in [0.25, 0.3) is 19.6 Å². The number of benzene rings is 4. The van der Waals surface area contributed by atoms with E-state index in [9.17, 15) is 0 Å². The molecule has 0 saturated carbocycles. The van der Waals surface area contributed by atoms with Crippen molar-refractivity contribution in [2.75, 3.05) is 0 Å². The average molecular weight is 571 g/mol. The fraction of sp³-hybridized carbons (Fsp3) is 0.0667. The average Bonchev–Trinajstić information content (AvgIpc) is 2.89. The monoisotopic (exact) mass is 570 g/mol. The molecule has 5 heteroatoms. The van der Waals surface area contributed by atoms with Gasteiger partial charge >= 0.3 is 0 Å². The molecule has 0 radical (unpaired) electrons. The minimum Gasteiger partial charge on any atom is -0.781 e. The van der Waals surface area contributed by atoms with Crippen LogP contribution in [-0.4, -0.2) is 0 Å². The summed E-state index contributed by atoms with van der Waals surface area (Å²) in [4.78, 5) is 2.96. The van der Waals surface area contributed by atoms with Crippen molar-refractivity contribution in [1.29, 1.82) is 0 Å². The van der Waals surface area contributed by atoms with Crippen molar-refractivity contribution >= 4 is 70.1 Å². The first-order valence-corrected chi connectivity index (χ1v) is 12.4. The Labute approximate surface area is 241 Å². The molecule has 4 rings (SSSR count). The van der Waals surface area contributed by atoms with E-state index >= 15 is 0 Å². The quantitative estimate of drug-likeness (QED) is 0.139. The van der Waals surface area contributed by atoms with E-state index in [1.807, 2.05) is 84.9 Å². The third kappa shape index (κ3) is 8.42. The van der Waals surface area contributed by atoms with Gasteiger partial charge in [0.05, 0.1) is 0 Å². The molecule has 0 nitrogen and oxygen atoms in total. The first kappa shape index (κ1) is 29.0. The Morgan fingerprint density at radius 3 is 0.857 bits per heavy atom. The van der Waals surface area contributed by atoms with Crippen LogP contribution in [0, 0.1) is 13.8 Å². The Hall–Kier alpha value is -2.27. The Kier molecular flexibility index (Phi) is 11.9. The van der Waals surface area contributed by atoms with Crippen molar-refractivity contribution in [2.45, 2.75) is 13.8 Å². The largest absolute Gasteiger partial charge is 0.781 e. The Bertz CT molecular complexity index is 1160. The van der Waals surface area contributed by atoms with Crippen LogP contribution < -0.4 is 0 Å². The molecular weight excluding hydrogens is 547 g/mol. The zero-order valence-electron chi connectivity index (χ0n) is 19.3. The summed E-state index contributed by atoms with van der Waals surface area (Å²) in [7, 11) is 0. The summed E-state index contributed by atoms with van der Waals surface area (Å²) >= 11 is 21.7. The van der Waals surface area contributed by atoms with Crippen LogP contribution in [0.4, 0.5) is 0 Å². The van der Waals surface area contributed by atoms with E-state index in [-0.39, 0.29) is 16.5 Å². The fourth-order valence-electron chi connectivity index (χ4n) is 3.11. The summed E-state index contributed by atoms with van der Waals surface area (Å²) in [5, 5.41) is 0. The third-order valence-corrected chi connectivity index (χ3v) is 7.13. The van der Waals surface area contributed by atoms with Crippen LogP contribution in [0.5, 0.6) is 0 Å². The molecule has 4 aromatic carbocycles. The summed E-state index contributed by atoms with van der Waals surface area (Å²) in [5.41, 5.74) is 6.49. The van der Waals surface area contributed by atoms with Gasteiger partial charge in [0.1, 0.15) is 0 Å². The van der Waals surface area contributed by atoms with Crippen LogP contribution in [0.2, 0.25) is 0 Å². The van der Waals surface area contributed by atoms with Crippen LogP contribution >= 0.6 is 0 Å². The van der Waals surface area contributed by atoms with E-state index in [1.54, 1.807) is 0 Å². The summed E-state index contributed by atoms with van der Waals surface area (Å²) < 4.78 is 0. The predicted octanol–water partition coefficient (Wildman–Crippen LogP) is 7.83. The van der Waals surface area contributed by atoms with Gasteiger partial charge in [-0.1, -0.05) is 120 Å². The maximum Gasteiger partial charge on any atom is 0 e. The normalized spacial score (nSPS) is 11.7. The zero-order valence-corrected chi connectivity index (χ0v) is 23.6. The molecule has 0 amide bonds. The van der Waals surface area contributed by atoms with Gasteiger partial charge in [0, 0.05) is 16.5 Å². The van der Waals surface area contributed by atoms with Crippen molar-refractivity contribution in [1.82, 2.24) is 0 Å². The zero-order chi connectivity index (χ0) is 24.5. The van der Waals surface area contributed by atoms with Crippen molar-refractivity contribution in [3.63, 3.8) is 0 Å². The van der Waals surface area contributed by atoms with Crippen LogP contribution in [0.15, 0.2) is 109 Å². The van der Waals surface area contributed by atoms with Crippen molar-refractivity contribution in [3.05, 3.63) is 143 Å². The predicted molar refractivity (Wildman–Crippen MR) is 158 cm³/mol. The van der Waals surface area contributed by atoms with Crippen molar-refractivity contribution in [3.8, 4) is 0 Å². The van der Waals surface area contributed by atoms with Gasteiger partial charge in [0.25, 0.3) is 0 Å². The topological polar surface area (TPSA) is 0 Å². The van der Waals surface area contributed by atoms with E-state index in [1.165, 1.54) is 11.1 Å². The van der Waals surface area contributed by atoms with Gasteiger partial charge in [0.2, 0.25) is 0 Å². The molecule has 0 aliphatic heterocycles. The maximum absolute atomic E-state index is 5.43. The number of aryl methyl sites for hydroxylation is 2. The van der Waals surface area contributed by atoms with E-state index in [4.69, 9.17) is 50.5 Å². The van der Waals surface area contributed by atoms with E-state index < -0.39 is 0 Å². The molecule has 0 spiro atoms. The van der Waals surface area contributed by atoms with Crippen LogP contribution in [0.1, 0.15) is 33.4 Å². The number of rotatable bonds is 4. The van der Waals surface area contributed by atoms with Crippen LogP contribution in [0.3, 0.4) is 0 Å². The third-order valence-electron chi connectivity index (χ3n) is 5.11. The van der Waals surface area contributed by atoms with Gasteiger partial charge in [-0.3, -0.25) is 0 Å². The summed E-state index contributed by atoms with van der Waals surface area (Å²) in [5.74, 6) is 0. The first-order chi connectivity index (χ1) is 16.4. The van der Waals surface area contributed by atoms with Gasteiger partial charge in [-0.05, 0) is 36.1 Å². The second-order valence-corrected chi connectivity index (χ2v) is 9.41. The molecule has 0 saturated heterocycles. The molecule has 0 aliphatic rings. The van der Waals surface area contributed by atoms with Crippen LogP contribution in [-0.2, 0) is 67.0 Å². The van der Waals surface area contributed by atoms with Gasteiger partial charge < -0.3 is 50.5 Å². The standard InChI is InChI=1S/2C15H14S2.Ni/c2*1-11-7-9-13(10-8-11)15(17)14(16)12-5-3-2-4-6-12;/h2*2-10,16-17H,1H3;/p-4/b15-14-;;. The summed E-state index contributed by atoms with van der Waals surface area (Å²) in [6.07, 6.45) is 0. The number of hydrogen-bond donors (Lipinski definition) is 0. The minimum absolute atomic E-state index is 0. The van der Waals surface area contributed by atoms with E-state index in [2.05, 4.69) is 38.1 Å². The molecule has 0 aromatic heterocycles. The second kappa shape index (κ2) is 14.3. The molecule has 35 heavy (non-hydrogen) atoms. The Morgan fingerprint density at radius 1 is 0.371 bits per heavy atom. The van der Waals surface area contributed by atoms with E-state index in [0.717, 1.165) is 41.9 Å². The molecule has 0 heterocycles. The minimum atomic E-state index is 0. The molecule has 4 aromatic rings. The van der Waals surface area contributed by atoms with Gasteiger partial charge in [-0.25, -0.2) is 0 Å². The molecule has 0 unspecified atom stereocenters. The van der Waals surface area contributed by atoms with Gasteiger partial charge in [0.15, 0.2) is 0 Å². The van der Waals surface area contributed by atoms with Gasteiger partial charge in [-0.15, -0.1) is 0 Å².